The summed E-state index contributed by atoms with van der Waals surface area (Å²) >= 11 is 12.1. The van der Waals surface area contributed by atoms with Gasteiger partial charge in [-0.05, 0) is 61.6 Å². The van der Waals surface area contributed by atoms with Crippen LogP contribution in [-0.2, 0) is 4.79 Å². The Bertz CT molecular complexity index is 897. The number of hydrogen-bond acceptors (Lipinski definition) is 5. The fraction of sp³-hybridized carbons (Fsp3) is 0.0588. The number of amides is 2. The van der Waals surface area contributed by atoms with Gasteiger partial charge < -0.3 is 0 Å². The fourth-order valence-electron chi connectivity index (χ4n) is 2.11. The molecule has 3 rings (SSSR count). The average molecular weight is 390 g/mol. The van der Waals surface area contributed by atoms with Crippen molar-refractivity contribution < 1.29 is 9.59 Å². The van der Waals surface area contributed by atoms with Crippen LogP contribution in [-0.4, -0.2) is 26.1 Å². The Balaban J connectivity index is 1.77. The summed E-state index contributed by atoms with van der Waals surface area (Å²) in [6.45, 7) is 1.87. The van der Waals surface area contributed by atoms with Gasteiger partial charge in [-0.1, -0.05) is 29.4 Å². The molecule has 2 amide bonds. The van der Waals surface area contributed by atoms with Gasteiger partial charge in [-0.2, -0.15) is 5.01 Å². The molecule has 0 aliphatic carbocycles. The van der Waals surface area contributed by atoms with E-state index in [1.807, 2.05) is 19.1 Å². The highest BCUT2D eigenvalue weighted by molar-refractivity contribution is 8.26. The number of thioether (sulfide) groups is 1. The van der Waals surface area contributed by atoms with E-state index in [2.05, 4.69) is 10.4 Å². The van der Waals surface area contributed by atoms with Crippen molar-refractivity contribution in [3.8, 4) is 0 Å². The number of carbonyl (C=O) groups excluding carboxylic acids is 2. The zero-order valence-corrected chi connectivity index (χ0v) is 15.4. The number of aryl methyl sites for hydroxylation is 1. The lowest BCUT2D eigenvalue weighted by Crippen LogP contribution is -2.44. The van der Waals surface area contributed by atoms with E-state index < -0.39 is 5.91 Å². The molecule has 5 nitrogen and oxygen atoms in total. The Morgan fingerprint density at radius 3 is 2.68 bits per heavy atom. The van der Waals surface area contributed by atoms with Crippen LogP contribution in [0.2, 0.25) is 5.02 Å². The smallest absolute Gasteiger partial charge is 0.267 e. The average Bonchev–Trinajstić information content (AvgIpc) is 2.83. The van der Waals surface area contributed by atoms with Crippen LogP contribution in [0.15, 0.2) is 47.4 Å². The Morgan fingerprint density at radius 2 is 2.00 bits per heavy atom. The predicted octanol–water partition coefficient (Wildman–Crippen LogP) is 3.59. The molecular formula is C17H12ClN3O2S2. The van der Waals surface area contributed by atoms with Gasteiger partial charge >= 0.3 is 0 Å². The zero-order valence-electron chi connectivity index (χ0n) is 13.0. The number of pyridine rings is 1. The van der Waals surface area contributed by atoms with Crippen LogP contribution in [0.4, 0.5) is 0 Å². The van der Waals surface area contributed by atoms with Gasteiger partial charge in [0.1, 0.15) is 0 Å². The number of carbonyl (C=O) groups is 2. The Kier molecular flexibility index (Phi) is 5.17. The molecule has 8 heteroatoms. The molecule has 1 N–H and O–H groups in total. The van der Waals surface area contributed by atoms with E-state index in [1.165, 1.54) is 0 Å². The van der Waals surface area contributed by atoms with Gasteiger partial charge in [-0.25, -0.2) is 0 Å². The van der Waals surface area contributed by atoms with Crippen LogP contribution in [0.3, 0.4) is 0 Å². The summed E-state index contributed by atoms with van der Waals surface area (Å²) in [4.78, 5) is 29.5. The van der Waals surface area contributed by atoms with E-state index >= 15 is 0 Å². The Labute approximate surface area is 159 Å². The first kappa shape index (κ1) is 17.6. The van der Waals surface area contributed by atoms with Gasteiger partial charge in [0.15, 0.2) is 4.32 Å². The molecule has 0 atom stereocenters. The van der Waals surface area contributed by atoms with Crippen molar-refractivity contribution >= 4 is 57.8 Å². The molecule has 0 saturated carbocycles. The van der Waals surface area contributed by atoms with Crippen molar-refractivity contribution in [1.29, 1.82) is 0 Å². The molecule has 0 spiro atoms. The summed E-state index contributed by atoms with van der Waals surface area (Å²) in [6.07, 6.45) is 1.65. The molecule has 1 fully saturated rings. The number of rotatable bonds is 3. The number of benzene rings is 1. The minimum Gasteiger partial charge on any atom is -0.267 e. The molecule has 1 aliphatic heterocycles. The number of hydrogen-bond donors (Lipinski definition) is 1. The van der Waals surface area contributed by atoms with E-state index in [9.17, 15) is 9.59 Å². The molecule has 126 valence electrons. The first-order valence-corrected chi connectivity index (χ1v) is 8.82. The molecule has 2 heterocycles. The van der Waals surface area contributed by atoms with Crippen molar-refractivity contribution in [2.45, 2.75) is 6.92 Å². The third kappa shape index (κ3) is 4.07. The lowest BCUT2D eigenvalue weighted by molar-refractivity contribution is -0.123. The van der Waals surface area contributed by atoms with Gasteiger partial charge in [-0.15, -0.1) is 0 Å². The lowest BCUT2D eigenvalue weighted by atomic mass is 10.2. The minimum atomic E-state index is -0.442. The maximum atomic E-state index is 12.5. The Hall–Kier alpha value is -2.22. The molecule has 1 aromatic heterocycles. The number of hydrazine groups is 1. The second-order valence-electron chi connectivity index (χ2n) is 5.17. The van der Waals surface area contributed by atoms with Gasteiger partial charge in [-0.3, -0.25) is 20.0 Å². The molecule has 1 saturated heterocycles. The van der Waals surface area contributed by atoms with E-state index in [4.69, 9.17) is 23.8 Å². The summed E-state index contributed by atoms with van der Waals surface area (Å²) < 4.78 is 0.256. The highest BCUT2D eigenvalue weighted by Crippen LogP contribution is 2.31. The Morgan fingerprint density at radius 1 is 1.28 bits per heavy atom. The molecule has 2 aromatic rings. The topological polar surface area (TPSA) is 62.3 Å². The van der Waals surface area contributed by atoms with Crippen molar-refractivity contribution in [3.63, 3.8) is 0 Å². The number of nitrogens with zero attached hydrogens (tertiary/aromatic N) is 2. The second kappa shape index (κ2) is 7.35. The summed E-state index contributed by atoms with van der Waals surface area (Å²) in [6, 6.07) is 11.9. The van der Waals surface area contributed by atoms with E-state index in [0.717, 1.165) is 22.5 Å². The largest absolute Gasteiger partial charge is 0.285 e. The first-order valence-electron chi connectivity index (χ1n) is 7.22. The predicted molar refractivity (Wildman–Crippen MR) is 103 cm³/mol. The van der Waals surface area contributed by atoms with Crippen molar-refractivity contribution in [3.05, 3.63) is 69.3 Å². The van der Waals surface area contributed by atoms with Crippen LogP contribution in [0.25, 0.3) is 6.08 Å². The highest BCUT2D eigenvalue weighted by atomic mass is 35.5. The monoisotopic (exact) mass is 389 g/mol. The highest BCUT2D eigenvalue weighted by Gasteiger charge is 2.33. The normalized spacial score (nSPS) is 15.8. The first-order chi connectivity index (χ1) is 11.9. The van der Waals surface area contributed by atoms with E-state index in [-0.39, 0.29) is 10.2 Å². The molecule has 0 bridgehead atoms. The molecule has 0 unspecified atom stereocenters. The van der Waals surface area contributed by atoms with Crippen LogP contribution in [0.1, 0.15) is 21.7 Å². The van der Waals surface area contributed by atoms with Crippen LogP contribution < -0.4 is 5.43 Å². The molecule has 1 aromatic carbocycles. The fourth-order valence-corrected chi connectivity index (χ4v) is 3.40. The number of nitrogens with one attached hydrogen (secondary N) is 1. The second-order valence-corrected chi connectivity index (χ2v) is 7.28. The van der Waals surface area contributed by atoms with Crippen molar-refractivity contribution in [1.82, 2.24) is 15.4 Å². The SMILES string of the molecule is Cc1cccc(/C=C2/SC(=S)N(NC(=O)c3ccc(Cl)cc3)C2=O)n1. The number of thiocarbonyl (C=S) groups is 1. The lowest BCUT2D eigenvalue weighted by Gasteiger charge is -2.15. The van der Waals surface area contributed by atoms with Gasteiger partial charge in [0.05, 0.1) is 10.6 Å². The number of aromatic nitrogens is 1. The van der Waals surface area contributed by atoms with Crippen LogP contribution >= 0.6 is 35.6 Å². The van der Waals surface area contributed by atoms with E-state index in [0.29, 0.717) is 21.2 Å². The quantitative estimate of drug-likeness (QED) is 0.642. The standard InChI is InChI=1S/C17H12ClN3O2S2/c1-10-3-2-4-13(19-10)9-14-16(23)21(17(24)25-14)20-15(22)11-5-7-12(18)8-6-11/h2-9H,1H3,(H,20,22)/b14-9+. The summed E-state index contributed by atoms with van der Waals surface area (Å²) in [5, 5.41) is 1.59. The van der Waals surface area contributed by atoms with Crippen LogP contribution in [0, 0.1) is 6.92 Å². The minimum absolute atomic E-state index is 0.256. The van der Waals surface area contributed by atoms with Crippen LogP contribution in [0.5, 0.6) is 0 Å². The van der Waals surface area contributed by atoms with Gasteiger partial charge in [0.2, 0.25) is 0 Å². The maximum absolute atomic E-state index is 12.5. The van der Waals surface area contributed by atoms with E-state index in [1.54, 1.807) is 36.4 Å². The van der Waals surface area contributed by atoms with Gasteiger partial charge in [0.25, 0.3) is 11.8 Å². The third-order valence-electron chi connectivity index (χ3n) is 3.30. The summed E-state index contributed by atoms with van der Waals surface area (Å²) in [5.74, 6) is -0.830. The zero-order chi connectivity index (χ0) is 18.0. The molecular weight excluding hydrogens is 378 g/mol. The third-order valence-corrected chi connectivity index (χ3v) is 4.86. The van der Waals surface area contributed by atoms with Crippen molar-refractivity contribution in [2.75, 3.05) is 0 Å². The van der Waals surface area contributed by atoms with Gasteiger partial charge in [0, 0.05) is 16.3 Å². The number of halogens is 1. The molecule has 25 heavy (non-hydrogen) atoms. The molecule has 0 radical (unpaired) electrons. The summed E-state index contributed by atoms with van der Waals surface area (Å²) in [7, 11) is 0. The maximum Gasteiger partial charge on any atom is 0.285 e. The van der Waals surface area contributed by atoms with Crippen molar-refractivity contribution in [2.24, 2.45) is 0 Å². The summed E-state index contributed by atoms with van der Waals surface area (Å²) in [5.41, 5.74) is 4.40. The molecule has 1 aliphatic rings.